The Hall–Kier alpha value is -3.52. The lowest BCUT2D eigenvalue weighted by Crippen LogP contribution is -2.21. The third kappa shape index (κ3) is 3.50. The first-order chi connectivity index (χ1) is 14.3. The van der Waals surface area contributed by atoms with Crippen molar-refractivity contribution in [2.24, 2.45) is 0 Å². The Bertz CT molecular complexity index is 1110. The predicted octanol–water partition coefficient (Wildman–Crippen LogP) is 3.67. The van der Waals surface area contributed by atoms with Gasteiger partial charge < -0.3 is 14.0 Å². The van der Waals surface area contributed by atoms with Gasteiger partial charge in [0, 0.05) is 6.20 Å². The maximum atomic E-state index is 6.04. The third-order valence-corrected chi connectivity index (χ3v) is 4.74. The molecule has 3 aromatic heterocycles. The Morgan fingerprint density at radius 2 is 2.03 bits per heavy atom. The highest BCUT2D eigenvalue weighted by molar-refractivity contribution is 5.54. The maximum absolute atomic E-state index is 6.04. The number of benzene rings is 1. The van der Waals surface area contributed by atoms with E-state index < -0.39 is 0 Å². The Kier molecular flexibility index (Phi) is 4.53. The Labute approximate surface area is 167 Å². The maximum Gasteiger partial charge on any atom is 0.278 e. The van der Waals surface area contributed by atoms with Crippen LogP contribution in [0.2, 0.25) is 0 Å². The largest absolute Gasteiger partial charge is 0.494 e. The van der Waals surface area contributed by atoms with Crippen LogP contribution < -0.4 is 4.74 Å². The minimum absolute atomic E-state index is 0.0716. The SMILES string of the molecule is CCOc1ccc([C@@H]2Cn3nc(-c4nc(-c5ccccn5)no4)cc3CO2)cc1. The van der Waals surface area contributed by atoms with Crippen molar-refractivity contribution >= 4 is 0 Å². The highest BCUT2D eigenvalue weighted by Crippen LogP contribution is 2.30. The number of hydrogen-bond donors (Lipinski definition) is 0. The number of rotatable bonds is 5. The molecule has 4 aromatic rings. The van der Waals surface area contributed by atoms with Gasteiger partial charge in [-0.15, -0.1) is 0 Å². The molecule has 0 amide bonds. The van der Waals surface area contributed by atoms with Gasteiger partial charge in [0.15, 0.2) is 5.69 Å². The van der Waals surface area contributed by atoms with Gasteiger partial charge in [-0.25, -0.2) is 0 Å². The fourth-order valence-electron chi connectivity index (χ4n) is 3.30. The zero-order valence-corrected chi connectivity index (χ0v) is 15.9. The minimum Gasteiger partial charge on any atom is -0.494 e. The number of aromatic nitrogens is 5. The van der Waals surface area contributed by atoms with E-state index in [4.69, 9.17) is 14.0 Å². The van der Waals surface area contributed by atoms with Crippen LogP contribution in [0.15, 0.2) is 59.3 Å². The monoisotopic (exact) mass is 389 g/mol. The molecule has 0 fully saturated rings. The standard InChI is InChI=1S/C21H19N5O3/c1-2-27-16-8-6-14(7-9-16)19-12-26-15(13-28-19)11-18(24-26)21-23-20(25-29-21)17-5-3-4-10-22-17/h3-11,19H,2,12-13H2,1H3/t19-/m0/s1. The molecule has 0 bridgehead atoms. The van der Waals surface area contributed by atoms with Crippen molar-refractivity contribution in [3.63, 3.8) is 0 Å². The van der Waals surface area contributed by atoms with Crippen molar-refractivity contribution in [2.45, 2.75) is 26.2 Å². The van der Waals surface area contributed by atoms with Gasteiger partial charge in [0.25, 0.3) is 5.89 Å². The van der Waals surface area contributed by atoms with Crippen LogP contribution in [0.1, 0.15) is 24.3 Å². The lowest BCUT2D eigenvalue weighted by molar-refractivity contribution is -0.00115. The molecule has 0 unspecified atom stereocenters. The quantitative estimate of drug-likeness (QED) is 0.515. The van der Waals surface area contributed by atoms with E-state index in [2.05, 4.69) is 20.2 Å². The van der Waals surface area contributed by atoms with Crippen LogP contribution in [0.4, 0.5) is 0 Å². The van der Waals surface area contributed by atoms with E-state index in [0.717, 1.165) is 17.0 Å². The Morgan fingerprint density at radius 3 is 2.83 bits per heavy atom. The molecule has 8 heteroatoms. The molecule has 1 aromatic carbocycles. The van der Waals surface area contributed by atoms with E-state index in [1.54, 1.807) is 6.20 Å². The van der Waals surface area contributed by atoms with Gasteiger partial charge in [-0.3, -0.25) is 9.67 Å². The summed E-state index contributed by atoms with van der Waals surface area (Å²) in [5, 5.41) is 8.66. The van der Waals surface area contributed by atoms with Crippen molar-refractivity contribution in [2.75, 3.05) is 6.61 Å². The molecule has 0 spiro atoms. The fraction of sp³-hybridized carbons (Fsp3) is 0.238. The summed E-state index contributed by atoms with van der Waals surface area (Å²) in [4.78, 5) is 8.67. The smallest absolute Gasteiger partial charge is 0.278 e. The molecular formula is C21H19N5O3. The van der Waals surface area contributed by atoms with Crippen LogP contribution in [0.5, 0.6) is 5.75 Å². The molecule has 5 rings (SSSR count). The summed E-state index contributed by atoms with van der Waals surface area (Å²) in [5.41, 5.74) is 3.35. The number of pyridine rings is 1. The van der Waals surface area contributed by atoms with E-state index in [1.165, 1.54) is 0 Å². The number of hydrogen-bond acceptors (Lipinski definition) is 7. The molecule has 1 atom stereocenters. The highest BCUT2D eigenvalue weighted by Gasteiger charge is 2.24. The predicted molar refractivity (Wildman–Crippen MR) is 104 cm³/mol. The molecule has 29 heavy (non-hydrogen) atoms. The molecule has 0 radical (unpaired) electrons. The van der Waals surface area contributed by atoms with Gasteiger partial charge in [-0.05, 0) is 42.8 Å². The van der Waals surface area contributed by atoms with Crippen molar-refractivity contribution in [1.82, 2.24) is 24.9 Å². The van der Waals surface area contributed by atoms with Crippen LogP contribution >= 0.6 is 0 Å². The van der Waals surface area contributed by atoms with Crippen molar-refractivity contribution in [3.05, 3.63) is 66.0 Å². The van der Waals surface area contributed by atoms with Crippen molar-refractivity contribution in [3.8, 4) is 28.9 Å². The second-order valence-electron chi connectivity index (χ2n) is 6.64. The summed E-state index contributed by atoms with van der Waals surface area (Å²) >= 11 is 0. The van der Waals surface area contributed by atoms with Crippen molar-refractivity contribution < 1.29 is 14.0 Å². The van der Waals surface area contributed by atoms with E-state index in [-0.39, 0.29) is 6.10 Å². The summed E-state index contributed by atoms with van der Waals surface area (Å²) in [6.45, 7) is 3.70. The summed E-state index contributed by atoms with van der Waals surface area (Å²) in [7, 11) is 0. The van der Waals surface area contributed by atoms with E-state index >= 15 is 0 Å². The van der Waals surface area contributed by atoms with Crippen LogP contribution in [0.25, 0.3) is 23.1 Å². The third-order valence-electron chi connectivity index (χ3n) is 4.74. The zero-order valence-electron chi connectivity index (χ0n) is 15.9. The molecule has 0 aliphatic carbocycles. The molecule has 0 N–H and O–H groups in total. The number of nitrogens with zero attached hydrogens (tertiary/aromatic N) is 5. The highest BCUT2D eigenvalue weighted by atomic mass is 16.5. The molecule has 1 aliphatic rings. The van der Waals surface area contributed by atoms with Gasteiger partial charge in [0.05, 0.1) is 25.5 Å². The first-order valence-electron chi connectivity index (χ1n) is 9.46. The Balaban J connectivity index is 1.35. The fourth-order valence-corrected chi connectivity index (χ4v) is 3.30. The first-order valence-corrected chi connectivity index (χ1v) is 9.46. The van der Waals surface area contributed by atoms with Gasteiger partial charge in [0.1, 0.15) is 17.5 Å². The molecule has 8 nitrogen and oxygen atoms in total. The minimum atomic E-state index is -0.0716. The van der Waals surface area contributed by atoms with E-state index in [1.807, 2.05) is 60.1 Å². The van der Waals surface area contributed by atoms with Gasteiger partial charge in [0.2, 0.25) is 5.82 Å². The summed E-state index contributed by atoms with van der Waals surface area (Å²) < 4.78 is 18.9. The Morgan fingerprint density at radius 1 is 1.14 bits per heavy atom. The van der Waals surface area contributed by atoms with Crippen LogP contribution in [-0.2, 0) is 17.9 Å². The second-order valence-corrected chi connectivity index (χ2v) is 6.64. The van der Waals surface area contributed by atoms with Crippen molar-refractivity contribution in [1.29, 1.82) is 0 Å². The van der Waals surface area contributed by atoms with Gasteiger partial charge >= 0.3 is 0 Å². The molecule has 0 saturated carbocycles. The average molecular weight is 389 g/mol. The second kappa shape index (κ2) is 7.48. The average Bonchev–Trinajstić information content (AvgIpc) is 3.42. The lowest BCUT2D eigenvalue weighted by Gasteiger charge is -2.24. The van der Waals surface area contributed by atoms with Gasteiger partial charge in [-0.1, -0.05) is 23.4 Å². The van der Waals surface area contributed by atoms with Gasteiger partial charge in [-0.2, -0.15) is 10.1 Å². The normalized spacial score (nSPS) is 15.8. The number of fused-ring (bicyclic) bond motifs is 1. The van der Waals surface area contributed by atoms with Crippen LogP contribution in [0, 0.1) is 0 Å². The summed E-state index contributed by atoms with van der Waals surface area (Å²) in [6, 6.07) is 15.5. The number of ether oxygens (including phenoxy) is 2. The molecule has 0 saturated heterocycles. The molecule has 1 aliphatic heterocycles. The summed E-state index contributed by atoms with van der Waals surface area (Å²) in [5.74, 6) is 1.66. The van der Waals surface area contributed by atoms with Crippen LogP contribution in [0.3, 0.4) is 0 Å². The molecular weight excluding hydrogens is 370 g/mol. The summed E-state index contributed by atoms with van der Waals surface area (Å²) in [6.07, 6.45) is 1.62. The lowest BCUT2D eigenvalue weighted by atomic mass is 10.1. The zero-order chi connectivity index (χ0) is 19.6. The molecule has 146 valence electrons. The van der Waals surface area contributed by atoms with Crippen LogP contribution in [-0.4, -0.2) is 31.5 Å². The topological polar surface area (TPSA) is 88.1 Å². The first kappa shape index (κ1) is 17.6. The van der Waals surface area contributed by atoms with E-state index in [9.17, 15) is 0 Å². The van der Waals surface area contributed by atoms with E-state index in [0.29, 0.717) is 42.9 Å². The molecule has 4 heterocycles.